The summed E-state index contributed by atoms with van der Waals surface area (Å²) >= 11 is 0. The molecule has 0 saturated carbocycles. The van der Waals surface area contributed by atoms with Gasteiger partial charge in [0, 0.05) is 19.4 Å². The Morgan fingerprint density at radius 2 is 2.10 bits per heavy atom. The fourth-order valence-corrected chi connectivity index (χ4v) is 1.32. The van der Waals surface area contributed by atoms with Crippen LogP contribution in [-0.2, 0) is 4.43 Å². The lowest BCUT2D eigenvalue weighted by Crippen LogP contribution is -2.11. The summed E-state index contributed by atoms with van der Waals surface area (Å²) in [5.41, 5.74) is 1.16. The lowest BCUT2D eigenvalue weighted by molar-refractivity contribution is 0.424. The van der Waals surface area contributed by atoms with Crippen LogP contribution < -0.4 is 0 Å². The maximum atomic E-state index is 5.20. The van der Waals surface area contributed by atoms with Gasteiger partial charge in [-0.3, -0.25) is 4.99 Å². The molecule has 0 aromatic carbocycles. The van der Waals surface area contributed by atoms with E-state index in [1.165, 1.54) is 0 Å². The molecule has 60 valence electrons. The van der Waals surface area contributed by atoms with Gasteiger partial charge in [-0.15, -0.1) is 0 Å². The summed E-state index contributed by atoms with van der Waals surface area (Å²) in [7, 11) is 0.944. The summed E-state index contributed by atoms with van der Waals surface area (Å²) in [6, 6.07) is 1.15. The fourth-order valence-electron chi connectivity index (χ4n) is 0.588. The number of hydrogen-bond acceptors (Lipinski definition) is 2. The Kier molecular flexibility index (Phi) is 5.53. The zero-order chi connectivity index (χ0) is 7.98. The summed E-state index contributed by atoms with van der Waals surface area (Å²) in [5.74, 6) is 0. The summed E-state index contributed by atoms with van der Waals surface area (Å²) in [6.45, 7) is 7.20. The number of aliphatic imine (C=N–C) groups is 1. The minimum atomic E-state index is -0.847. The molecule has 3 heteroatoms. The van der Waals surface area contributed by atoms with Gasteiger partial charge in [0.25, 0.3) is 0 Å². The fraction of sp³-hybridized carbons (Fsp3) is 0.857. The zero-order valence-corrected chi connectivity index (χ0v) is 8.50. The van der Waals surface area contributed by atoms with Crippen molar-refractivity contribution in [3.63, 3.8) is 0 Å². The first kappa shape index (κ1) is 9.85. The Bertz CT molecular complexity index is 110. The summed E-state index contributed by atoms with van der Waals surface area (Å²) in [5, 5.41) is 0. The number of nitrogens with zero attached hydrogens (tertiary/aromatic N) is 1. The Morgan fingerprint density at radius 3 is 2.50 bits per heavy atom. The van der Waals surface area contributed by atoms with E-state index in [4.69, 9.17) is 4.43 Å². The van der Waals surface area contributed by atoms with E-state index in [0.29, 0.717) is 0 Å². The van der Waals surface area contributed by atoms with Gasteiger partial charge in [0.2, 0.25) is 0 Å². The van der Waals surface area contributed by atoms with Crippen LogP contribution in [0.1, 0.15) is 13.8 Å². The van der Waals surface area contributed by atoms with Crippen LogP contribution in [0.25, 0.3) is 0 Å². The normalized spacial score (nSPS) is 12.8. The van der Waals surface area contributed by atoms with Crippen molar-refractivity contribution in [1.29, 1.82) is 0 Å². The van der Waals surface area contributed by atoms with E-state index in [-0.39, 0.29) is 0 Å². The maximum absolute atomic E-state index is 5.20. The van der Waals surface area contributed by atoms with Gasteiger partial charge >= 0.3 is 0 Å². The van der Waals surface area contributed by atoms with Gasteiger partial charge in [0.05, 0.1) is 0 Å². The highest BCUT2D eigenvalue weighted by atomic mass is 28.3. The van der Waals surface area contributed by atoms with Crippen LogP contribution in [-0.4, -0.2) is 28.4 Å². The molecule has 0 spiro atoms. The predicted molar refractivity (Wildman–Crippen MR) is 48.5 cm³/mol. The van der Waals surface area contributed by atoms with Gasteiger partial charge in [0.15, 0.2) is 9.04 Å². The SMILES string of the molecule is CO[SiH](C)CCN=C(C)C. The predicted octanol–water partition coefficient (Wildman–Crippen LogP) is 1.47. The highest BCUT2D eigenvalue weighted by Gasteiger charge is 1.99. The first-order chi connectivity index (χ1) is 4.66. The van der Waals surface area contributed by atoms with Crippen LogP contribution in [0.2, 0.25) is 12.6 Å². The first-order valence-electron chi connectivity index (χ1n) is 3.67. The summed E-state index contributed by atoms with van der Waals surface area (Å²) in [6.07, 6.45) is 0. The molecule has 0 aliphatic carbocycles. The van der Waals surface area contributed by atoms with Crippen molar-refractivity contribution in [1.82, 2.24) is 0 Å². The largest absolute Gasteiger partial charge is 0.423 e. The third kappa shape index (κ3) is 5.97. The molecule has 0 aliphatic rings. The molecular formula is C7H17NOSi. The minimum Gasteiger partial charge on any atom is -0.423 e. The highest BCUT2D eigenvalue weighted by molar-refractivity contribution is 6.50. The molecule has 0 radical (unpaired) electrons. The Hall–Kier alpha value is -0.153. The van der Waals surface area contributed by atoms with E-state index < -0.39 is 9.04 Å². The molecule has 2 nitrogen and oxygen atoms in total. The van der Waals surface area contributed by atoms with Crippen molar-refractivity contribution in [2.24, 2.45) is 4.99 Å². The smallest absolute Gasteiger partial charge is 0.175 e. The van der Waals surface area contributed by atoms with Crippen LogP contribution >= 0.6 is 0 Å². The van der Waals surface area contributed by atoms with E-state index in [1.807, 2.05) is 13.8 Å². The Morgan fingerprint density at radius 1 is 1.50 bits per heavy atom. The third-order valence-corrected chi connectivity index (χ3v) is 3.24. The Balaban J connectivity index is 3.28. The van der Waals surface area contributed by atoms with Crippen molar-refractivity contribution in [3.05, 3.63) is 0 Å². The average molecular weight is 159 g/mol. The van der Waals surface area contributed by atoms with E-state index in [1.54, 1.807) is 7.11 Å². The molecular weight excluding hydrogens is 142 g/mol. The molecule has 0 N–H and O–H groups in total. The number of rotatable bonds is 4. The van der Waals surface area contributed by atoms with Crippen LogP contribution in [0, 0.1) is 0 Å². The van der Waals surface area contributed by atoms with E-state index in [2.05, 4.69) is 11.5 Å². The molecule has 1 atom stereocenters. The third-order valence-electron chi connectivity index (χ3n) is 1.37. The van der Waals surface area contributed by atoms with Crippen LogP contribution in [0.15, 0.2) is 4.99 Å². The van der Waals surface area contributed by atoms with Gasteiger partial charge in [-0.25, -0.2) is 0 Å². The van der Waals surface area contributed by atoms with Gasteiger partial charge in [-0.2, -0.15) is 0 Å². The molecule has 0 aliphatic heterocycles. The Labute approximate surface area is 65.0 Å². The lowest BCUT2D eigenvalue weighted by atomic mass is 10.5. The van der Waals surface area contributed by atoms with E-state index in [0.717, 1.165) is 18.3 Å². The molecule has 0 saturated heterocycles. The second-order valence-corrected chi connectivity index (χ2v) is 5.33. The molecule has 0 rings (SSSR count). The number of hydrogen-bond donors (Lipinski definition) is 0. The quantitative estimate of drug-likeness (QED) is 0.449. The monoisotopic (exact) mass is 159 g/mol. The molecule has 10 heavy (non-hydrogen) atoms. The van der Waals surface area contributed by atoms with E-state index >= 15 is 0 Å². The first-order valence-corrected chi connectivity index (χ1v) is 6.11. The van der Waals surface area contributed by atoms with Crippen LogP contribution in [0.5, 0.6) is 0 Å². The van der Waals surface area contributed by atoms with Gasteiger partial charge in [0.1, 0.15) is 0 Å². The lowest BCUT2D eigenvalue weighted by Gasteiger charge is -2.03. The molecule has 0 aromatic rings. The van der Waals surface area contributed by atoms with Crippen molar-refractivity contribution >= 4 is 14.8 Å². The average Bonchev–Trinajstić information content (AvgIpc) is 1.87. The van der Waals surface area contributed by atoms with Crippen LogP contribution in [0.4, 0.5) is 0 Å². The molecule has 0 bridgehead atoms. The highest BCUT2D eigenvalue weighted by Crippen LogP contribution is 1.92. The molecule has 0 aromatic heterocycles. The summed E-state index contributed by atoms with van der Waals surface area (Å²) in [4.78, 5) is 4.28. The van der Waals surface area contributed by atoms with Crippen LogP contribution in [0.3, 0.4) is 0 Å². The minimum absolute atomic E-state index is 0.847. The van der Waals surface area contributed by atoms with Gasteiger partial charge < -0.3 is 4.43 Å². The molecule has 0 heterocycles. The zero-order valence-electron chi connectivity index (χ0n) is 7.35. The van der Waals surface area contributed by atoms with E-state index in [9.17, 15) is 0 Å². The van der Waals surface area contributed by atoms with Crippen molar-refractivity contribution < 1.29 is 4.43 Å². The molecule has 0 amide bonds. The topological polar surface area (TPSA) is 21.6 Å². The second kappa shape index (κ2) is 5.62. The van der Waals surface area contributed by atoms with Crippen molar-refractivity contribution in [2.45, 2.75) is 26.4 Å². The van der Waals surface area contributed by atoms with Crippen molar-refractivity contribution in [3.8, 4) is 0 Å². The standard InChI is InChI=1S/C7H17NOSi/c1-7(2)8-5-6-10(4)9-3/h10H,5-6H2,1-4H3. The molecule has 1 unspecified atom stereocenters. The summed E-state index contributed by atoms with van der Waals surface area (Å²) < 4.78 is 5.20. The van der Waals surface area contributed by atoms with Gasteiger partial charge in [-0.05, 0) is 26.4 Å². The maximum Gasteiger partial charge on any atom is 0.175 e. The second-order valence-electron chi connectivity index (χ2n) is 2.66. The van der Waals surface area contributed by atoms with Crippen molar-refractivity contribution in [2.75, 3.05) is 13.7 Å². The molecule has 0 fully saturated rings. The van der Waals surface area contributed by atoms with Gasteiger partial charge in [-0.1, -0.05) is 0 Å².